The van der Waals surface area contributed by atoms with Gasteiger partial charge in [0.1, 0.15) is 0 Å². The van der Waals surface area contributed by atoms with E-state index < -0.39 is 36.4 Å². The second kappa shape index (κ2) is 4.69. The number of carbonyl (C=O) groups is 1. The summed E-state index contributed by atoms with van der Waals surface area (Å²) >= 11 is 0. The summed E-state index contributed by atoms with van der Waals surface area (Å²) in [6.07, 6.45) is -13.1. The van der Waals surface area contributed by atoms with Crippen molar-refractivity contribution >= 4 is 5.91 Å². The van der Waals surface area contributed by atoms with Crippen molar-refractivity contribution in [3.63, 3.8) is 0 Å². The molecule has 0 rings (SSSR count). The number of hydrogen-bond acceptors (Lipinski definition) is 3. The van der Waals surface area contributed by atoms with Crippen molar-refractivity contribution in [3.05, 3.63) is 0 Å². The van der Waals surface area contributed by atoms with Crippen LogP contribution in [0, 0.1) is 0 Å². The Morgan fingerprint density at radius 3 is 2.00 bits per heavy atom. The van der Waals surface area contributed by atoms with Crippen LogP contribution in [0.2, 0.25) is 0 Å². The standard InChI is InChI=1S/C7H10F6N2O2/c1-5(14,7(11,12)13)4(17)15-2-3(16)6(8,9)10/h3,16H,2,14H2,1H3,(H,15,17). The van der Waals surface area contributed by atoms with Gasteiger partial charge in [0.25, 0.3) is 0 Å². The highest BCUT2D eigenvalue weighted by atomic mass is 19.4. The fourth-order valence-electron chi connectivity index (χ4n) is 0.617. The molecule has 0 aromatic heterocycles. The molecule has 102 valence electrons. The van der Waals surface area contributed by atoms with E-state index >= 15 is 0 Å². The smallest absolute Gasteiger partial charge is 0.382 e. The van der Waals surface area contributed by atoms with Crippen LogP contribution in [0.4, 0.5) is 26.3 Å². The Morgan fingerprint density at radius 2 is 1.71 bits per heavy atom. The molecule has 0 aliphatic rings. The van der Waals surface area contributed by atoms with Gasteiger partial charge < -0.3 is 16.2 Å². The van der Waals surface area contributed by atoms with Crippen LogP contribution < -0.4 is 11.1 Å². The van der Waals surface area contributed by atoms with Crippen molar-refractivity contribution in [1.29, 1.82) is 0 Å². The lowest BCUT2D eigenvalue weighted by Crippen LogP contribution is -2.62. The van der Waals surface area contributed by atoms with Crippen LogP contribution in [0.3, 0.4) is 0 Å². The van der Waals surface area contributed by atoms with Gasteiger partial charge in [-0.3, -0.25) is 4.79 Å². The molecule has 0 saturated carbocycles. The Kier molecular flexibility index (Phi) is 4.40. The highest BCUT2D eigenvalue weighted by molar-refractivity contribution is 5.86. The number of alkyl halides is 6. The Morgan fingerprint density at radius 1 is 1.29 bits per heavy atom. The zero-order valence-electron chi connectivity index (χ0n) is 8.49. The van der Waals surface area contributed by atoms with Gasteiger partial charge in [-0.15, -0.1) is 0 Å². The molecule has 4 nitrogen and oxygen atoms in total. The fraction of sp³-hybridized carbons (Fsp3) is 0.857. The molecule has 0 fully saturated rings. The summed E-state index contributed by atoms with van der Waals surface area (Å²) in [5.41, 5.74) is 1.31. The summed E-state index contributed by atoms with van der Waals surface area (Å²) in [6.45, 7) is -1.09. The first kappa shape index (κ1) is 16.0. The Labute approximate surface area is 91.8 Å². The molecular weight excluding hydrogens is 258 g/mol. The maximum absolute atomic E-state index is 12.2. The van der Waals surface area contributed by atoms with Crippen LogP contribution in [-0.2, 0) is 4.79 Å². The van der Waals surface area contributed by atoms with Crippen LogP contribution >= 0.6 is 0 Å². The van der Waals surface area contributed by atoms with Crippen molar-refractivity contribution in [1.82, 2.24) is 5.32 Å². The average molecular weight is 268 g/mol. The lowest BCUT2D eigenvalue weighted by Gasteiger charge is -2.26. The summed E-state index contributed by atoms with van der Waals surface area (Å²) in [5, 5.41) is 9.72. The largest absolute Gasteiger partial charge is 0.416 e. The SMILES string of the molecule is CC(N)(C(=O)NCC(O)C(F)(F)F)C(F)(F)F. The molecule has 0 aromatic carbocycles. The van der Waals surface area contributed by atoms with E-state index in [-0.39, 0.29) is 0 Å². The van der Waals surface area contributed by atoms with E-state index in [1.807, 2.05) is 0 Å². The zero-order valence-corrected chi connectivity index (χ0v) is 8.49. The van der Waals surface area contributed by atoms with E-state index in [1.54, 1.807) is 0 Å². The summed E-state index contributed by atoms with van der Waals surface area (Å²) in [7, 11) is 0. The third kappa shape index (κ3) is 4.04. The number of aliphatic hydroxyl groups is 1. The van der Waals surface area contributed by atoms with Gasteiger partial charge in [-0.25, -0.2) is 0 Å². The lowest BCUT2D eigenvalue weighted by atomic mass is 10.0. The number of aliphatic hydroxyl groups excluding tert-OH is 1. The summed E-state index contributed by atoms with van der Waals surface area (Å²) < 4.78 is 71.8. The van der Waals surface area contributed by atoms with E-state index in [0.29, 0.717) is 6.92 Å². The van der Waals surface area contributed by atoms with Gasteiger partial charge in [0, 0.05) is 0 Å². The van der Waals surface area contributed by atoms with E-state index in [0.717, 1.165) is 0 Å². The van der Waals surface area contributed by atoms with Gasteiger partial charge in [0.2, 0.25) is 5.91 Å². The van der Waals surface area contributed by atoms with Gasteiger partial charge in [0.15, 0.2) is 11.6 Å². The predicted octanol–water partition coefficient (Wildman–Crippen LogP) is 0.306. The minimum Gasteiger partial charge on any atom is -0.382 e. The fourth-order valence-corrected chi connectivity index (χ4v) is 0.617. The first-order chi connectivity index (χ1) is 7.30. The molecule has 1 amide bonds. The minimum atomic E-state index is -5.11. The molecule has 0 bridgehead atoms. The molecule has 0 radical (unpaired) electrons. The quantitative estimate of drug-likeness (QED) is 0.645. The molecule has 0 aliphatic carbocycles. The predicted molar refractivity (Wildman–Crippen MR) is 43.7 cm³/mol. The second-order valence-corrected chi connectivity index (χ2v) is 3.47. The number of carbonyl (C=O) groups excluding carboxylic acids is 1. The van der Waals surface area contributed by atoms with Crippen LogP contribution in [0.25, 0.3) is 0 Å². The minimum absolute atomic E-state index is 0.308. The van der Waals surface area contributed by atoms with Gasteiger partial charge in [0.05, 0.1) is 6.54 Å². The van der Waals surface area contributed by atoms with Crippen molar-refractivity contribution < 1.29 is 36.2 Å². The van der Waals surface area contributed by atoms with Crippen molar-refractivity contribution in [2.45, 2.75) is 30.9 Å². The molecule has 10 heteroatoms. The molecule has 0 saturated heterocycles. The molecule has 2 atom stereocenters. The van der Waals surface area contributed by atoms with Crippen LogP contribution in [0.1, 0.15) is 6.92 Å². The van der Waals surface area contributed by atoms with E-state index in [9.17, 15) is 31.1 Å². The third-order valence-electron chi connectivity index (χ3n) is 1.89. The molecule has 0 aromatic rings. The van der Waals surface area contributed by atoms with Crippen molar-refractivity contribution in [2.24, 2.45) is 5.73 Å². The maximum atomic E-state index is 12.2. The normalized spacial score (nSPS) is 18.4. The number of rotatable bonds is 3. The number of amides is 1. The maximum Gasteiger partial charge on any atom is 0.416 e. The molecule has 0 heterocycles. The summed E-state index contributed by atoms with van der Waals surface area (Å²) in [6, 6.07) is 0. The van der Waals surface area contributed by atoms with Crippen molar-refractivity contribution in [3.8, 4) is 0 Å². The number of nitrogens with one attached hydrogen (secondary N) is 1. The third-order valence-corrected chi connectivity index (χ3v) is 1.89. The molecular formula is C7H10F6N2O2. The first-order valence-electron chi connectivity index (χ1n) is 4.19. The summed E-state index contributed by atoms with van der Waals surface area (Å²) in [5.74, 6) is -1.85. The lowest BCUT2D eigenvalue weighted by molar-refractivity contribution is -0.204. The average Bonchev–Trinajstić information content (AvgIpc) is 2.09. The van der Waals surface area contributed by atoms with Gasteiger partial charge >= 0.3 is 12.4 Å². The van der Waals surface area contributed by atoms with Crippen LogP contribution in [0.5, 0.6) is 0 Å². The van der Waals surface area contributed by atoms with Gasteiger partial charge in [-0.2, -0.15) is 26.3 Å². The molecule has 0 spiro atoms. The second-order valence-electron chi connectivity index (χ2n) is 3.47. The van der Waals surface area contributed by atoms with Crippen LogP contribution in [0.15, 0.2) is 0 Å². The molecule has 4 N–H and O–H groups in total. The van der Waals surface area contributed by atoms with Crippen molar-refractivity contribution in [2.75, 3.05) is 6.54 Å². The van der Waals surface area contributed by atoms with E-state index in [1.165, 1.54) is 5.32 Å². The monoisotopic (exact) mass is 268 g/mol. The zero-order chi connectivity index (χ0) is 14.1. The topological polar surface area (TPSA) is 75.4 Å². The first-order valence-corrected chi connectivity index (χ1v) is 4.19. The Balaban J connectivity index is 4.49. The van der Waals surface area contributed by atoms with Gasteiger partial charge in [-0.05, 0) is 6.92 Å². The molecule has 17 heavy (non-hydrogen) atoms. The number of hydrogen-bond donors (Lipinski definition) is 3. The molecule has 0 aliphatic heterocycles. The highest BCUT2D eigenvalue weighted by Gasteiger charge is 2.54. The number of halogens is 6. The highest BCUT2D eigenvalue weighted by Crippen LogP contribution is 2.28. The van der Waals surface area contributed by atoms with E-state index in [2.05, 4.69) is 5.73 Å². The molecule has 2 unspecified atom stereocenters. The Hall–Kier alpha value is -1.03. The number of nitrogens with two attached hydrogens (primary N) is 1. The van der Waals surface area contributed by atoms with E-state index in [4.69, 9.17) is 5.11 Å². The summed E-state index contributed by atoms with van der Waals surface area (Å²) in [4.78, 5) is 10.9. The van der Waals surface area contributed by atoms with Crippen LogP contribution in [-0.4, -0.2) is 41.6 Å². The Bertz CT molecular complexity index is 285. The van der Waals surface area contributed by atoms with Gasteiger partial charge in [-0.1, -0.05) is 0 Å².